The first-order valence-corrected chi connectivity index (χ1v) is 8.03. The number of oxime groups is 1. The van der Waals surface area contributed by atoms with E-state index in [1.54, 1.807) is 0 Å². The Bertz CT molecular complexity index is 322. The van der Waals surface area contributed by atoms with E-state index in [2.05, 4.69) is 17.0 Å². The third-order valence-corrected chi connectivity index (χ3v) is 4.75. The van der Waals surface area contributed by atoms with Gasteiger partial charge in [-0.15, -0.1) is 0 Å². The smallest absolute Gasteiger partial charge is 0.153 e. The van der Waals surface area contributed by atoms with Crippen molar-refractivity contribution in [1.29, 1.82) is 0 Å². The Hall–Kier alpha value is -0.810. The molecule has 1 unspecified atom stereocenters. The molecule has 2 fully saturated rings. The van der Waals surface area contributed by atoms with Gasteiger partial charge in [-0.25, -0.2) is 0 Å². The van der Waals surface area contributed by atoms with E-state index < -0.39 is 0 Å². The highest BCUT2D eigenvalue weighted by Crippen LogP contribution is 2.39. The Morgan fingerprint density at radius 1 is 1.40 bits per heavy atom. The molecule has 5 heteroatoms. The van der Waals surface area contributed by atoms with Gasteiger partial charge >= 0.3 is 0 Å². The maximum atomic E-state index is 8.80. The van der Waals surface area contributed by atoms with Crippen molar-refractivity contribution >= 4 is 5.84 Å². The minimum absolute atomic E-state index is 0.109. The molecule has 0 aromatic heterocycles. The van der Waals surface area contributed by atoms with E-state index in [0.717, 1.165) is 32.4 Å². The number of hydrogen-bond donors (Lipinski definition) is 2. The lowest BCUT2D eigenvalue weighted by molar-refractivity contribution is -0.123. The molecule has 1 atom stereocenters. The van der Waals surface area contributed by atoms with E-state index in [1.807, 2.05) is 0 Å². The zero-order valence-corrected chi connectivity index (χ0v) is 12.7. The third-order valence-electron chi connectivity index (χ3n) is 4.75. The first kappa shape index (κ1) is 15.6. The fraction of sp³-hybridized carbons (Fsp3) is 0.933. The molecule has 1 saturated heterocycles. The lowest BCUT2D eigenvalue weighted by Gasteiger charge is -2.46. The number of nitrogens with two attached hydrogens (primary N) is 1. The average molecular weight is 283 g/mol. The van der Waals surface area contributed by atoms with Crippen LogP contribution in [0.5, 0.6) is 0 Å². The molecule has 1 saturated carbocycles. The molecular formula is C15H29N3O2. The van der Waals surface area contributed by atoms with Crippen LogP contribution in [0, 0.1) is 0 Å². The van der Waals surface area contributed by atoms with Gasteiger partial charge in [0.25, 0.3) is 0 Å². The first-order chi connectivity index (χ1) is 9.69. The van der Waals surface area contributed by atoms with Crippen molar-refractivity contribution in [2.24, 2.45) is 10.9 Å². The Morgan fingerprint density at radius 2 is 2.15 bits per heavy atom. The second kappa shape index (κ2) is 7.27. The second-order valence-electron chi connectivity index (χ2n) is 6.30. The van der Waals surface area contributed by atoms with Crippen LogP contribution in [-0.2, 0) is 4.74 Å². The zero-order chi connectivity index (χ0) is 14.4. The third kappa shape index (κ3) is 3.85. The van der Waals surface area contributed by atoms with Crippen molar-refractivity contribution in [3.63, 3.8) is 0 Å². The van der Waals surface area contributed by atoms with Gasteiger partial charge < -0.3 is 15.7 Å². The van der Waals surface area contributed by atoms with E-state index in [4.69, 9.17) is 15.7 Å². The Balaban J connectivity index is 2.00. The number of ether oxygens (including phenoxy) is 1. The minimum Gasteiger partial charge on any atom is -0.409 e. The van der Waals surface area contributed by atoms with Crippen LogP contribution in [0.15, 0.2) is 5.16 Å². The van der Waals surface area contributed by atoms with Gasteiger partial charge in [0.05, 0.1) is 12.1 Å². The highest BCUT2D eigenvalue weighted by Gasteiger charge is 2.40. The number of hydrogen-bond acceptors (Lipinski definition) is 4. The molecule has 1 spiro atoms. The van der Waals surface area contributed by atoms with E-state index in [9.17, 15) is 0 Å². The summed E-state index contributed by atoms with van der Waals surface area (Å²) in [6, 6.07) is 0.502. The predicted molar refractivity (Wildman–Crippen MR) is 80.1 cm³/mol. The van der Waals surface area contributed by atoms with E-state index >= 15 is 0 Å². The summed E-state index contributed by atoms with van der Waals surface area (Å²) in [5.41, 5.74) is 5.82. The van der Waals surface area contributed by atoms with Gasteiger partial charge in [0.2, 0.25) is 0 Å². The molecule has 2 aliphatic rings. The van der Waals surface area contributed by atoms with Crippen molar-refractivity contribution in [3.8, 4) is 0 Å². The van der Waals surface area contributed by atoms with Gasteiger partial charge in [-0.05, 0) is 38.6 Å². The zero-order valence-electron chi connectivity index (χ0n) is 12.7. The Labute approximate surface area is 122 Å². The van der Waals surface area contributed by atoms with Crippen LogP contribution in [0.4, 0.5) is 0 Å². The standard InChI is InChI=1S/C15H29N3O2/c1-2-9-18(12-14(16)17-19)13-6-10-20-15(11-13)7-4-3-5-8-15/h13,19H,2-12H2,1H3,(H2,16,17). The first-order valence-electron chi connectivity index (χ1n) is 8.03. The largest absolute Gasteiger partial charge is 0.409 e. The molecule has 116 valence electrons. The monoisotopic (exact) mass is 283 g/mol. The van der Waals surface area contributed by atoms with Gasteiger partial charge in [0.15, 0.2) is 5.84 Å². The van der Waals surface area contributed by atoms with Gasteiger partial charge in [0, 0.05) is 12.6 Å². The summed E-state index contributed by atoms with van der Waals surface area (Å²) in [5, 5.41) is 11.9. The van der Waals surface area contributed by atoms with Crippen molar-refractivity contribution in [1.82, 2.24) is 4.90 Å². The Morgan fingerprint density at radius 3 is 2.80 bits per heavy atom. The summed E-state index contributed by atoms with van der Waals surface area (Å²) in [6.07, 6.45) is 9.58. The van der Waals surface area contributed by atoms with E-state index in [1.165, 1.54) is 32.1 Å². The fourth-order valence-electron chi connectivity index (χ4n) is 3.78. The molecule has 1 aliphatic heterocycles. The number of amidine groups is 1. The highest BCUT2D eigenvalue weighted by molar-refractivity contribution is 5.81. The predicted octanol–water partition coefficient (Wildman–Crippen LogP) is 2.33. The number of nitrogens with zero attached hydrogens (tertiary/aromatic N) is 2. The normalized spacial score (nSPS) is 27.1. The van der Waals surface area contributed by atoms with Gasteiger partial charge in [-0.1, -0.05) is 31.3 Å². The van der Waals surface area contributed by atoms with Crippen molar-refractivity contribution in [2.45, 2.75) is 69.9 Å². The van der Waals surface area contributed by atoms with Crippen LogP contribution in [0.2, 0.25) is 0 Å². The van der Waals surface area contributed by atoms with Gasteiger partial charge in [-0.3, -0.25) is 4.90 Å². The average Bonchev–Trinajstić information content (AvgIpc) is 2.47. The molecule has 1 heterocycles. The molecule has 20 heavy (non-hydrogen) atoms. The molecule has 0 radical (unpaired) electrons. The molecule has 3 N–H and O–H groups in total. The molecular weight excluding hydrogens is 254 g/mol. The van der Waals surface area contributed by atoms with Crippen LogP contribution in [0.25, 0.3) is 0 Å². The molecule has 5 nitrogen and oxygen atoms in total. The van der Waals surface area contributed by atoms with Gasteiger partial charge in [0.1, 0.15) is 0 Å². The summed E-state index contributed by atoms with van der Waals surface area (Å²) in [4.78, 5) is 2.37. The lowest BCUT2D eigenvalue weighted by Crippen LogP contribution is -2.51. The summed E-state index contributed by atoms with van der Waals surface area (Å²) in [7, 11) is 0. The summed E-state index contributed by atoms with van der Waals surface area (Å²) in [5.74, 6) is 0.308. The number of rotatable bonds is 5. The van der Waals surface area contributed by atoms with Gasteiger partial charge in [-0.2, -0.15) is 0 Å². The van der Waals surface area contributed by atoms with Crippen LogP contribution < -0.4 is 5.73 Å². The molecule has 2 rings (SSSR count). The topological polar surface area (TPSA) is 71.1 Å². The molecule has 0 bridgehead atoms. The SMILES string of the molecule is CCCN(CC(N)=NO)C1CCOC2(CCCCC2)C1. The quantitative estimate of drug-likeness (QED) is 0.351. The summed E-state index contributed by atoms with van der Waals surface area (Å²) >= 11 is 0. The van der Waals surface area contributed by atoms with Crippen LogP contribution >= 0.6 is 0 Å². The maximum absolute atomic E-state index is 8.80. The van der Waals surface area contributed by atoms with Crippen LogP contribution in [0.3, 0.4) is 0 Å². The fourth-order valence-corrected chi connectivity index (χ4v) is 3.78. The van der Waals surface area contributed by atoms with Crippen LogP contribution in [0.1, 0.15) is 58.3 Å². The van der Waals surface area contributed by atoms with E-state index in [-0.39, 0.29) is 5.60 Å². The van der Waals surface area contributed by atoms with Crippen LogP contribution in [-0.4, -0.2) is 47.3 Å². The molecule has 0 amide bonds. The van der Waals surface area contributed by atoms with Crippen molar-refractivity contribution in [3.05, 3.63) is 0 Å². The lowest BCUT2D eigenvalue weighted by atomic mass is 9.78. The molecule has 0 aromatic carbocycles. The van der Waals surface area contributed by atoms with E-state index in [0.29, 0.717) is 18.4 Å². The molecule has 1 aliphatic carbocycles. The Kier molecular flexibility index (Phi) is 5.66. The summed E-state index contributed by atoms with van der Waals surface area (Å²) in [6.45, 7) is 4.58. The summed E-state index contributed by atoms with van der Waals surface area (Å²) < 4.78 is 6.16. The maximum Gasteiger partial charge on any atom is 0.153 e. The highest BCUT2D eigenvalue weighted by atomic mass is 16.5. The second-order valence-corrected chi connectivity index (χ2v) is 6.30. The van der Waals surface area contributed by atoms with Crippen molar-refractivity contribution < 1.29 is 9.94 Å². The molecule has 0 aromatic rings. The van der Waals surface area contributed by atoms with Crippen molar-refractivity contribution in [2.75, 3.05) is 19.7 Å². The minimum atomic E-state index is 0.109.